The van der Waals surface area contributed by atoms with E-state index in [1.807, 2.05) is 0 Å². The summed E-state index contributed by atoms with van der Waals surface area (Å²) >= 11 is 0. The normalized spacial score (nSPS) is 28.4. The fraction of sp³-hybridized carbons (Fsp3) is 1.00. The minimum Gasteiger partial charge on any atom is -0.373 e. The van der Waals surface area contributed by atoms with Gasteiger partial charge in [0, 0.05) is 13.1 Å². The first kappa shape index (κ1) is 8.93. The van der Waals surface area contributed by atoms with Crippen LogP contribution in [0.1, 0.15) is 6.92 Å². The molecule has 2 atom stereocenters. The van der Waals surface area contributed by atoms with E-state index in [1.54, 1.807) is 6.92 Å². The zero-order valence-corrected chi connectivity index (χ0v) is 6.75. The largest absolute Gasteiger partial charge is 0.373 e. The molecule has 1 fully saturated rings. The average molecular weight is 161 g/mol. The summed E-state index contributed by atoms with van der Waals surface area (Å²) in [6.07, 6.45) is -0.598. The quantitative estimate of drug-likeness (QED) is 0.539. The molecule has 1 aliphatic heterocycles. The molecule has 0 radical (unpaired) electrons. The van der Waals surface area contributed by atoms with Crippen LogP contribution in [0.25, 0.3) is 0 Å². The topological polar surface area (TPSA) is 50.7 Å². The van der Waals surface area contributed by atoms with Crippen molar-refractivity contribution in [1.29, 1.82) is 0 Å². The van der Waals surface area contributed by atoms with Crippen LogP contribution >= 0.6 is 0 Å². The molecule has 4 nitrogen and oxygen atoms in total. The Morgan fingerprint density at radius 2 is 2.64 bits per heavy atom. The Morgan fingerprint density at radius 1 is 1.82 bits per heavy atom. The maximum absolute atomic E-state index is 8.78. The molecule has 1 heterocycles. The van der Waals surface area contributed by atoms with Crippen LogP contribution in [0.4, 0.5) is 0 Å². The van der Waals surface area contributed by atoms with Gasteiger partial charge in [-0.05, 0) is 6.92 Å². The van der Waals surface area contributed by atoms with E-state index in [9.17, 15) is 0 Å². The number of nitrogens with one attached hydrogen (secondary N) is 1. The van der Waals surface area contributed by atoms with Gasteiger partial charge in [-0.3, -0.25) is 0 Å². The molecule has 11 heavy (non-hydrogen) atoms. The van der Waals surface area contributed by atoms with Gasteiger partial charge in [0.25, 0.3) is 0 Å². The van der Waals surface area contributed by atoms with Crippen LogP contribution in [-0.4, -0.2) is 43.8 Å². The third-order valence-electron chi connectivity index (χ3n) is 1.53. The van der Waals surface area contributed by atoms with E-state index >= 15 is 0 Å². The molecule has 1 aliphatic rings. The van der Waals surface area contributed by atoms with E-state index in [0.717, 1.165) is 19.7 Å². The van der Waals surface area contributed by atoms with Crippen LogP contribution in [0.3, 0.4) is 0 Å². The first-order valence-corrected chi connectivity index (χ1v) is 3.91. The van der Waals surface area contributed by atoms with E-state index < -0.39 is 6.29 Å². The highest BCUT2D eigenvalue weighted by molar-refractivity contribution is 4.65. The predicted octanol–water partition coefficient (Wildman–Crippen LogP) is -0.670. The third kappa shape index (κ3) is 3.67. The third-order valence-corrected chi connectivity index (χ3v) is 1.53. The van der Waals surface area contributed by atoms with Crippen molar-refractivity contribution in [1.82, 2.24) is 5.32 Å². The highest BCUT2D eigenvalue weighted by Crippen LogP contribution is 1.97. The van der Waals surface area contributed by atoms with E-state index in [1.165, 1.54) is 0 Å². The van der Waals surface area contributed by atoms with Gasteiger partial charge >= 0.3 is 0 Å². The van der Waals surface area contributed by atoms with Gasteiger partial charge in [0.15, 0.2) is 6.29 Å². The lowest BCUT2D eigenvalue weighted by molar-refractivity contribution is -0.124. The Hall–Kier alpha value is -0.160. The van der Waals surface area contributed by atoms with Crippen LogP contribution in [0, 0.1) is 0 Å². The SMILES string of the molecule is CC(O)OCC1CNCCO1. The number of hydrogen-bond donors (Lipinski definition) is 2. The van der Waals surface area contributed by atoms with Crippen LogP contribution in [0.5, 0.6) is 0 Å². The summed E-state index contributed by atoms with van der Waals surface area (Å²) in [5.41, 5.74) is 0. The summed E-state index contributed by atoms with van der Waals surface area (Å²) in [7, 11) is 0. The minimum absolute atomic E-state index is 0.0957. The maximum Gasteiger partial charge on any atom is 0.151 e. The van der Waals surface area contributed by atoms with Gasteiger partial charge in [0.05, 0.1) is 19.3 Å². The second kappa shape index (κ2) is 4.66. The van der Waals surface area contributed by atoms with E-state index in [-0.39, 0.29) is 6.10 Å². The number of rotatable bonds is 3. The molecule has 4 heteroatoms. The molecule has 2 unspecified atom stereocenters. The van der Waals surface area contributed by atoms with E-state index in [2.05, 4.69) is 5.32 Å². The molecule has 66 valence electrons. The Morgan fingerprint density at radius 3 is 3.18 bits per heavy atom. The molecule has 1 saturated heterocycles. The second-order valence-corrected chi connectivity index (χ2v) is 2.63. The Balaban J connectivity index is 2.05. The number of ether oxygens (including phenoxy) is 2. The highest BCUT2D eigenvalue weighted by atomic mass is 16.6. The predicted molar refractivity (Wildman–Crippen MR) is 40.2 cm³/mol. The molecule has 0 aliphatic carbocycles. The first-order valence-electron chi connectivity index (χ1n) is 3.91. The van der Waals surface area contributed by atoms with E-state index in [4.69, 9.17) is 14.6 Å². The minimum atomic E-state index is -0.694. The summed E-state index contributed by atoms with van der Waals surface area (Å²) in [6, 6.07) is 0. The standard InChI is InChI=1S/C7H15NO3/c1-6(9)11-5-7-4-8-2-3-10-7/h6-9H,2-5H2,1H3. The van der Waals surface area contributed by atoms with Crippen molar-refractivity contribution in [3.05, 3.63) is 0 Å². The van der Waals surface area contributed by atoms with Gasteiger partial charge < -0.3 is 19.9 Å². The molecular formula is C7H15NO3. The lowest BCUT2D eigenvalue weighted by Crippen LogP contribution is -2.41. The van der Waals surface area contributed by atoms with Crippen LogP contribution in [0.2, 0.25) is 0 Å². The Labute approximate surface area is 66.5 Å². The number of aliphatic hydroxyl groups excluding tert-OH is 1. The molecule has 2 N–H and O–H groups in total. The van der Waals surface area contributed by atoms with Gasteiger partial charge in [0.2, 0.25) is 0 Å². The zero-order valence-electron chi connectivity index (χ0n) is 6.75. The lowest BCUT2D eigenvalue weighted by atomic mass is 10.3. The van der Waals surface area contributed by atoms with Crippen molar-refractivity contribution in [3.8, 4) is 0 Å². The first-order chi connectivity index (χ1) is 5.29. The second-order valence-electron chi connectivity index (χ2n) is 2.63. The monoisotopic (exact) mass is 161 g/mol. The van der Waals surface area contributed by atoms with Gasteiger partial charge in [-0.25, -0.2) is 0 Å². The summed E-state index contributed by atoms with van der Waals surface area (Å²) in [4.78, 5) is 0. The van der Waals surface area contributed by atoms with E-state index in [0.29, 0.717) is 6.61 Å². The summed E-state index contributed by atoms with van der Waals surface area (Å²) < 4.78 is 10.3. The van der Waals surface area contributed by atoms with Crippen LogP contribution in [-0.2, 0) is 9.47 Å². The molecule has 0 aromatic heterocycles. The van der Waals surface area contributed by atoms with Crippen molar-refractivity contribution >= 4 is 0 Å². The zero-order chi connectivity index (χ0) is 8.10. The van der Waals surface area contributed by atoms with Gasteiger partial charge in [-0.15, -0.1) is 0 Å². The van der Waals surface area contributed by atoms with Crippen LogP contribution in [0.15, 0.2) is 0 Å². The maximum atomic E-state index is 8.78. The summed E-state index contributed by atoms with van der Waals surface area (Å²) in [6.45, 7) is 4.51. The van der Waals surface area contributed by atoms with Crippen molar-refractivity contribution in [3.63, 3.8) is 0 Å². The summed E-state index contributed by atoms with van der Waals surface area (Å²) in [5.74, 6) is 0. The number of aliphatic hydroxyl groups is 1. The lowest BCUT2D eigenvalue weighted by Gasteiger charge is -2.23. The molecule has 1 rings (SSSR count). The van der Waals surface area contributed by atoms with Crippen molar-refractivity contribution in [2.24, 2.45) is 0 Å². The highest BCUT2D eigenvalue weighted by Gasteiger charge is 2.13. The average Bonchev–Trinajstić information content (AvgIpc) is 2.03. The molecule has 0 saturated carbocycles. The number of hydrogen-bond acceptors (Lipinski definition) is 4. The molecule has 0 bridgehead atoms. The van der Waals surface area contributed by atoms with Gasteiger partial charge in [0.1, 0.15) is 0 Å². The van der Waals surface area contributed by atoms with Crippen LogP contribution < -0.4 is 5.32 Å². The molecular weight excluding hydrogens is 146 g/mol. The fourth-order valence-electron chi connectivity index (χ4n) is 0.973. The van der Waals surface area contributed by atoms with Crippen molar-refractivity contribution < 1.29 is 14.6 Å². The number of morpholine rings is 1. The van der Waals surface area contributed by atoms with Gasteiger partial charge in [-0.1, -0.05) is 0 Å². The molecule has 0 amide bonds. The molecule has 0 aromatic rings. The summed E-state index contributed by atoms with van der Waals surface area (Å²) in [5, 5.41) is 12.0. The Kier molecular flexibility index (Phi) is 3.79. The smallest absolute Gasteiger partial charge is 0.151 e. The van der Waals surface area contributed by atoms with Crippen molar-refractivity contribution in [2.75, 3.05) is 26.3 Å². The Bertz CT molecular complexity index is 102. The van der Waals surface area contributed by atoms with Gasteiger partial charge in [-0.2, -0.15) is 0 Å². The molecule has 0 aromatic carbocycles. The fourth-order valence-corrected chi connectivity index (χ4v) is 0.973. The van der Waals surface area contributed by atoms with Crippen molar-refractivity contribution in [2.45, 2.75) is 19.3 Å². The molecule has 0 spiro atoms.